The van der Waals surface area contributed by atoms with Gasteiger partial charge in [0.1, 0.15) is 18.5 Å². The van der Waals surface area contributed by atoms with Crippen LogP contribution in [0, 0.1) is 0 Å². The van der Waals surface area contributed by atoms with Gasteiger partial charge in [-0.2, -0.15) is 0 Å². The third-order valence-corrected chi connectivity index (χ3v) is 5.58. The van der Waals surface area contributed by atoms with Crippen molar-refractivity contribution >= 4 is 22.5 Å². The number of aromatic amines is 1. The summed E-state index contributed by atoms with van der Waals surface area (Å²) in [6.07, 6.45) is 2.47. The maximum absolute atomic E-state index is 13.0. The molecule has 1 unspecified atom stereocenters. The summed E-state index contributed by atoms with van der Waals surface area (Å²) < 4.78 is 5.71. The number of hydrogen-bond acceptors (Lipinski definition) is 3. The zero-order valence-electron chi connectivity index (χ0n) is 15.2. The number of para-hydroxylation sites is 1. The summed E-state index contributed by atoms with van der Waals surface area (Å²) in [5.74, 6) is 0.943. The second kappa shape index (κ2) is 5.91. The van der Waals surface area contributed by atoms with Crippen LogP contribution in [-0.2, 0) is 6.42 Å². The minimum absolute atomic E-state index is 0.105. The molecule has 27 heavy (non-hydrogen) atoms. The van der Waals surface area contributed by atoms with Crippen LogP contribution >= 0.6 is 0 Å². The number of rotatable bonds is 3. The highest BCUT2D eigenvalue weighted by atomic mass is 16.5. The fourth-order valence-electron chi connectivity index (χ4n) is 4.36. The van der Waals surface area contributed by atoms with Gasteiger partial charge >= 0.3 is 0 Å². The molecule has 1 atom stereocenters. The molecule has 0 saturated heterocycles. The lowest BCUT2D eigenvalue weighted by Crippen LogP contribution is -2.51. The van der Waals surface area contributed by atoms with Crippen molar-refractivity contribution in [3.8, 4) is 5.75 Å². The van der Waals surface area contributed by atoms with Gasteiger partial charge in [0.2, 0.25) is 0 Å². The molecule has 5 rings (SSSR count). The van der Waals surface area contributed by atoms with E-state index in [1.807, 2.05) is 35.2 Å². The number of aromatic nitrogens is 1. The van der Waals surface area contributed by atoms with Gasteiger partial charge in [0, 0.05) is 24.5 Å². The van der Waals surface area contributed by atoms with Gasteiger partial charge in [-0.1, -0.05) is 24.8 Å². The second-order valence-corrected chi connectivity index (χ2v) is 7.07. The number of ether oxygens (including phenoxy) is 1. The van der Waals surface area contributed by atoms with E-state index in [0.29, 0.717) is 13.2 Å². The summed E-state index contributed by atoms with van der Waals surface area (Å²) in [6.45, 7) is 4.90. The average Bonchev–Trinajstić information content (AvgIpc) is 3.08. The Balaban J connectivity index is 1.63. The molecule has 5 heteroatoms. The zero-order valence-corrected chi connectivity index (χ0v) is 15.2. The van der Waals surface area contributed by atoms with Gasteiger partial charge in [0.05, 0.1) is 16.9 Å². The molecule has 2 aromatic carbocycles. The van der Waals surface area contributed by atoms with E-state index < -0.39 is 0 Å². The number of H-pyrrole nitrogens is 1. The molecule has 0 fully saturated rings. The Morgan fingerprint density at radius 3 is 3.00 bits per heavy atom. The summed E-state index contributed by atoms with van der Waals surface area (Å²) in [7, 11) is 2.06. The van der Waals surface area contributed by atoms with Gasteiger partial charge < -0.3 is 19.5 Å². The van der Waals surface area contributed by atoms with Crippen molar-refractivity contribution in [3.63, 3.8) is 0 Å². The van der Waals surface area contributed by atoms with Gasteiger partial charge in [0.15, 0.2) is 0 Å². The van der Waals surface area contributed by atoms with Crippen LogP contribution in [0.25, 0.3) is 10.9 Å². The van der Waals surface area contributed by atoms with E-state index in [4.69, 9.17) is 4.74 Å². The van der Waals surface area contributed by atoms with Gasteiger partial charge in [-0.05, 0) is 42.3 Å². The molecular weight excluding hydrogens is 338 g/mol. The maximum Gasteiger partial charge on any atom is 0.257 e. The van der Waals surface area contributed by atoms with E-state index in [1.54, 1.807) is 6.08 Å². The maximum atomic E-state index is 13.0. The summed E-state index contributed by atoms with van der Waals surface area (Å²) in [5, 5.41) is 1.17. The number of nitrogens with zero attached hydrogens (tertiary/aromatic N) is 2. The highest BCUT2D eigenvalue weighted by Crippen LogP contribution is 2.43. The number of carbonyl (C=O) groups excluding carboxylic acids is 1. The summed E-state index contributed by atoms with van der Waals surface area (Å²) in [6, 6.07) is 13.9. The first-order valence-electron chi connectivity index (χ1n) is 9.20. The van der Waals surface area contributed by atoms with Crippen molar-refractivity contribution in [1.29, 1.82) is 0 Å². The molecule has 0 aliphatic carbocycles. The third kappa shape index (κ3) is 2.28. The lowest BCUT2D eigenvalue weighted by Gasteiger charge is -2.46. The van der Waals surface area contributed by atoms with Crippen LogP contribution in [0.15, 0.2) is 55.1 Å². The minimum Gasteiger partial charge on any atom is -0.490 e. The van der Waals surface area contributed by atoms with Crippen LogP contribution in [0.2, 0.25) is 0 Å². The molecule has 0 radical (unpaired) electrons. The third-order valence-electron chi connectivity index (χ3n) is 5.58. The topological polar surface area (TPSA) is 48.6 Å². The van der Waals surface area contributed by atoms with E-state index in [9.17, 15) is 4.79 Å². The lowest BCUT2D eigenvalue weighted by atomic mass is 9.96. The van der Waals surface area contributed by atoms with Crippen LogP contribution in [0.4, 0.5) is 5.69 Å². The van der Waals surface area contributed by atoms with E-state index in [2.05, 4.69) is 35.6 Å². The highest BCUT2D eigenvalue weighted by Gasteiger charge is 2.41. The minimum atomic E-state index is -0.110. The summed E-state index contributed by atoms with van der Waals surface area (Å²) >= 11 is 0. The number of benzene rings is 2. The highest BCUT2D eigenvalue weighted by molar-refractivity contribution is 6.02. The standard InChI is InChI=1S/C22H21N3O2/c1-3-12-27-14-8-9-18-17(13-14)15-10-11-25-21(20(15)23-18)24(2)19-7-5-4-6-16(19)22(25)26/h3-9,13,21,23H,1,10-12H2,2H3. The van der Waals surface area contributed by atoms with Crippen molar-refractivity contribution in [2.75, 3.05) is 25.1 Å². The molecule has 2 aliphatic rings. The normalized spacial score (nSPS) is 18.1. The Bertz CT molecular complexity index is 1070. The van der Waals surface area contributed by atoms with Crippen LogP contribution in [0.5, 0.6) is 5.75 Å². The quantitative estimate of drug-likeness (QED) is 0.722. The molecule has 3 heterocycles. The van der Waals surface area contributed by atoms with E-state index >= 15 is 0 Å². The Kier molecular flexibility index (Phi) is 3.50. The first kappa shape index (κ1) is 16.0. The molecule has 3 aromatic rings. The average molecular weight is 359 g/mol. The Labute approximate surface area is 157 Å². The first-order chi connectivity index (χ1) is 13.2. The van der Waals surface area contributed by atoms with Gasteiger partial charge in [0.25, 0.3) is 5.91 Å². The molecule has 2 aliphatic heterocycles. The Morgan fingerprint density at radius 2 is 2.15 bits per heavy atom. The van der Waals surface area contributed by atoms with Gasteiger partial charge in [-0.3, -0.25) is 4.79 Å². The van der Waals surface area contributed by atoms with E-state index in [0.717, 1.165) is 34.6 Å². The SMILES string of the molecule is C=CCOc1ccc2[nH]c3c(c2c1)CCN1C(=O)c2ccccc2N(C)C31. The number of carbonyl (C=O) groups is 1. The largest absolute Gasteiger partial charge is 0.490 e. The van der Waals surface area contributed by atoms with Gasteiger partial charge in [-0.15, -0.1) is 0 Å². The molecule has 0 saturated carbocycles. The fourth-order valence-corrected chi connectivity index (χ4v) is 4.36. The molecule has 0 bridgehead atoms. The fraction of sp³-hybridized carbons (Fsp3) is 0.227. The first-order valence-corrected chi connectivity index (χ1v) is 9.20. The smallest absolute Gasteiger partial charge is 0.257 e. The van der Waals surface area contributed by atoms with Crippen molar-refractivity contribution in [2.45, 2.75) is 12.6 Å². The Morgan fingerprint density at radius 1 is 1.30 bits per heavy atom. The van der Waals surface area contributed by atoms with Crippen LogP contribution in [-0.4, -0.2) is 36.0 Å². The molecule has 136 valence electrons. The number of anilines is 1. The zero-order chi connectivity index (χ0) is 18.5. The predicted molar refractivity (Wildman–Crippen MR) is 106 cm³/mol. The van der Waals surface area contributed by atoms with Crippen molar-refractivity contribution < 1.29 is 9.53 Å². The predicted octanol–water partition coefficient (Wildman–Crippen LogP) is 3.88. The van der Waals surface area contributed by atoms with E-state index in [1.165, 1.54) is 10.9 Å². The summed E-state index contributed by atoms with van der Waals surface area (Å²) in [5.41, 5.74) is 5.20. The monoisotopic (exact) mass is 359 g/mol. The van der Waals surface area contributed by atoms with Crippen LogP contribution < -0.4 is 9.64 Å². The number of amides is 1. The number of nitrogens with one attached hydrogen (secondary N) is 1. The van der Waals surface area contributed by atoms with Crippen LogP contribution in [0.3, 0.4) is 0 Å². The second-order valence-electron chi connectivity index (χ2n) is 7.07. The molecule has 0 spiro atoms. The number of hydrogen-bond donors (Lipinski definition) is 1. The van der Waals surface area contributed by atoms with Crippen molar-refractivity contribution in [1.82, 2.24) is 9.88 Å². The number of fused-ring (bicyclic) bond motifs is 6. The van der Waals surface area contributed by atoms with Crippen molar-refractivity contribution in [3.05, 3.63) is 71.9 Å². The molecule has 1 N–H and O–H groups in total. The van der Waals surface area contributed by atoms with Crippen LogP contribution in [0.1, 0.15) is 27.8 Å². The lowest BCUT2D eigenvalue weighted by molar-refractivity contribution is 0.0634. The van der Waals surface area contributed by atoms with Gasteiger partial charge in [-0.25, -0.2) is 0 Å². The molecule has 5 nitrogen and oxygen atoms in total. The molecular formula is C22H21N3O2. The van der Waals surface area contributed by atoms with Crippen molar-refractivity contribution in [2.24, 2.45) is 0 Å². The van der Waals surface area contributed by atoms with E-state index in [-0.39, 0.29) is 12.1 Å². The molecule has 1 aromatic heterocycles. The Hall–Kier alpha value is -3.21. The summed E-state index contributed by atoms with van der Waals surface area (Å²) in [4.78, 5) is 20.8. The molecule has 1 amide bonds.